The largest absolute Gasteiger partial charge is 0.507 e. The van der Waals surface area contributed by atoms with Crippen molar-refractivity contribution in [3.05, 3.63) is 66.4 Å². The van der Waals surface area contributed by atoms with Gasteiger partial charge in [0.25, 0.3) is 0 Å². The van der Waals surface area contributed by atoms with E-state index in [4.69, 9.17) is 0 Å². The van der Waals surface area contributed by atoms with Crippen molar-refractivity contribution in [3.63, 3.8) is 0 Å². The molecule has 4 rings (SSSR count). The fraction of sp³-hybridized carbons (Fsp3) is 0.105. The molecule has 0 saturated heterocycles. The van der Waals surface area contributed by atoms with E-state index in [1.54, 1.807) is 18.6 Å². The van der Waals surface area contributed by atoms with Gasteiger partial charge in [-0.1, -0.05) is 0 Å². The van der Waals surface area contributed by atoms with Crippen LogP contribution in [-0.4, -0.2) is 24.5 Å². The Labute approximate surface area is 139 Å². The number of pyridine rings is 1. The molecule has 24 heavy (non-hydrogen) atoms. The molecule has 0 fully saturated rings. The minimum absolute atomic E-state index is 0.333. The number of phenolic OH excluding ortho intramolecular Hbond substituents is 1. The van der Waals surface area contributed by atoms with Crippen molar-refractivity contribution in [3.8, 4) is 28.3 Å². The zero-order chi connectivity index (χ0) is 16.7. The Morgan fingerprint density at radius 2 is 1.62 bits per heavy atom. The number of aromatic hydroxyl groups is 1. The molecule has 1 N–H and O–H groups in total. The first-order chi connectivity index (χ1) is 11.6. The molecule has 0 bridgehead atoms. The zero-order valence-electron chi connectivity index (χ0n) is 13.4. The molecule has 5 heteroatoms. The summed E-state index contributed by atoms with van der Waals surface area (Å²) in [4.78, 5) is 13.0. The quantitative estimate of drug-likeness (QED) is 0.611. The van der Waals surface area contributed by atoms with Crippen LogP contribution in [0.5, 0.6) is 5.75 Å². The Bertz CT molecular complexity index is 1010. The van der Waals surface area contributed by atoms with Gasteiger partial charge in [-0.05, 0) is 49.2 Å². The summed E-state index contributed by atoms with van der Waals surface area (Å²) in [6.07, 6.45) is 9.11. The van der Waals surface area contributed by atoms with Gasteiger partial charge < -0.3 is 5.11 Å². The fourth-order valence-electron chi connectivity index (χ4n) is 2.88. The number of hydrogen-bond acceptors (Lipinski definition) is 4. The molecule has 118 valence electrons. The molecule has 4 aromatic rings. The van der Waals surface area contributed by atoms with E-state index in [0.29, 0.717) is 5.75 Å². The van der Waals surface area contributed by atoms with E-state index < -0.39 is 0 Å². The zero-order valence-corrected chi connectivity index (χ0v) is 13.4. The van der Waals surface area contributed by atoms with Crippen molar-refractivity contribution in [1.82, 2.24) is 19.4 Å². The average Bonchev–Trinajstić information content (AvgIpc) is 3.03. The van der Waals surface area contributed by atoms with E-state index in [9.17, 15) is 5.11 Å². The van der Waals surface area contributed by atoms with Gasteiger partial charge in [-0.3, -0.25) is 14.4 Å². The van der Waals surface area contributed by atoms with Gasteiger partial charge in [0.1, 0.15) is 5.75 Å². The number of nitrogens with zero attached hydrogens (tertiary/aromatic N) is 4. The van der Waals surface area contributed by atoms with E-state index in [2.05, 4.69) is 15.0 Å². The highest BCUT2D eigenvalue weighted by atomic mass is 16.3. The molecule has 0 aliphatic heterocycles. The first kappa shape index (κ1) is 14.4. The number of aromatic nitrogens is 4. The van der Waals surface area contributed by atoms with Crippen LogP contribution < -0.4 is 0 Å². The molecule has 1 aromatic carbocycles. The Kier molecular flexibility index (Phi) is 3.27. The molecular weight excluding hydrogens is 300 g/mol. The van der Waals surface area contributed by atoms with E-state index in [1.165, 1.54) is 0 Å². The van der Waals surface area contributed by atoms with Gasteiger partial charge in [0.05, 0.1) is 23.8 Å². The molecule has 0 saturated carbocycles. The molecule has 3 aromatic heterocycles. The van der Waals surface area contributed by atoms with Gasteiger partial charge in [-0.15, -0.1) is 0 Å². The van der Waals surface area contributed by atoms with Crippen molar-refractivity contribution in [2.24, 2.45) is 0 Å². The first-order valence-corrected chi connectivity index (χ1v) is 7.67. The summed E-state index contributed by atoms with van der Waals surface area (Å²) in [6, 6.07) is 7.80. The summed E-state index contributed by atoms with van der Waals surface area (Å²) in [6.45, 7) is 3.79. The Balaban J connectivity index is 1.90. The topological polar surface area (TPSA) is 63.3 Å². The predicted octanol–water partition coefficient (Wildman–Crippen LogP) is 3.78. The average molecular weight is 316 g/mol. The highest BCUT2D eigenvalue weighted by molar-refractivity contribution is 5.67. The minimum atomic E-state index is 0.333. The lowest BCUT2D eigenvalue weighted by atomic mass is 10.0. The number of aryl methyl sites for hydroxylation is 2. The lowest BCUT2D eigenvalue weighted by Gasteiger charge is -2.09. The standard InChI is InChI=1S/C19H16N4O/c1-12-7-15(8-13(2)19(12)24)16-11-23-17(9-22-18(23)10-21-16)14-3-5-20-6-4-14/h3-11,24H,1-2H3. The number of fused-ring (bicyclic) bond motifs is 1. The second-order valence-electron chi connectivity index (χ2n) is 5.84. The maximum absolute atomic E-state index is 9.97. The highest BCUT2D eigenvalue weighted by Gasteiger charge is 2.10. The van der Waals surface area contributed by atoms with E-state index in [0.717, 1.165) is 39.3 Å². The minimum Gasteiger partial charge on any atom is -0.507 e. The van der Waals surface area contributed by atoms with Crippen LogP contribution in [0.15, 0.2) is 55.2 Å². The van der Waals surface area contributed by atoms with Gasteiger partial charge in [-0.2, -0.15) is 0 Å². The molecule has 0 radical (unpaired) electrons. The second kappa shape index (κ2) is 5.45. The monoisotopic (exact) mass is 316 g/mol. The highest BCUT2D eigenvalue weighted by Crippen LogP contribution is 2.29. The fourth-order valence-corrected chi connectivity index (χ4v) is 2.88. The maximum Gasteiger partial charge on any atom is 0.155 e. The van der Waals surface area contributed by atoms with Crippen LogP contribution in [0.3, 0.4) is 0 Å². The molecule has 0 unspecified atom stereocenters. The van der Waals surface area contributed by atoms with Gasteiger partial charge in [0, 0.05) is 29.7 Å². The van der Waals surface area contributed by atoms with E-state index >= 15 is 0 Å². The lowest BCUT2D eigenvalue weighted by Crippen LogP contribution is -1.94. The van der Waals surface area contributed by atoms with Crippen LogP contribution in [-0.2, 0) is 0 Å². The molecule has 0 spiro atoms. The van der Waals surface area contributed by atoms with Crippen molar-refractivity contribution in [2.75, 3.05) is 0 Å². The molecule has 0 aliphatic rings. The van der Waals surface area contributed by atoms with Crippen molar-refractivity contribution >= 4 is 5.65 Å². The van der Waals surface area contributed by atoms with E-state index in [1.807, 2.05) is 54.9 Å². The number of phenols is 1. The van der Waals surface area contributed by atoms with Crippen LogP contribution in [0.4, 0.5) is 0 Å². The maximum atomic E-state index is 9.97. The SMILES string of the molecule is Cc1cc(-c2cn3c(-c4ccncc4)cnc3cn2)cc(C)c1O. The van der Waals surface area contributed by atoms with Crippen molar-refractivity contribution in [2.45, 2.75) is 13.8 Å². The van der Waals surface area contributed by atoms with Gasteiger partial charge in [-0.25, -0.2) is 4.98 Å². The van der Waals surface area contributed by atoms with Crippen LogP contribution in [0.2, 0.25) is 0 Å². The van der Waals surface area contributed by atoms with Gasteiger partial charge in [0.15, 0.2) is 5.65 Å². The third-order valence-corrected chi connectivity index (χ3v) is 4.16. The third-order valence-electron chi connectivity index (χ3n) is 4.16. The smallest absolute Gasteiger partial charge is 0.155 e. The van der Waals surface area contributed by atoms with Crippen LogP contribution in [0.25, 0.3) is 28.2 Å². The van der Waals surface area contributed by atoms with Crippen molar-refractivity contribution in [1.29, 1.82) is 0 Å². The molecule has 5 nitrogen and oxygen atoms in total. The Hall–Kier alpha value is -3.21. The predicted molar refractivity (Wildman–Crippen MR) is 92.8 cm³/mol. The Morgan fingerprint density at radius 1 is 0.917 bits per heavy atom. The summed E-state index contributed by atoms with van der Waals surface area (Å²) in [5.41, 5.74) is 6.31. The molecule has 0 amide bonds. The molecule has 3 heterocycles. The Morgan fingerprint density at radius 3 is 2.33 bits per heavy atom. The van der Waals surface area contributed by atoms with Crippen LogP contribution >= 0.6 is 0 Å². The lowest BCUT2D eigenvalue weighted by molar-refractivity contribution is 0.467. The van der Waals surface area contributed by atoms with Crippen molar-refractivity contribution < 1.29 is 5.11 Å². The van der Waals surface area contributed by atoms with Crippen LogP contribution in [0.1, 0.15) is 11.1 Å². The first-order valence-electron chi connectivity index (χ1n) is 7.67. The summed E-state index contributed by atoms with van der Waals surface area (Å²) < 4.78 is 2.02. The third kappa shape index (κ3) is 2.31. The van der Waals surface area contributed by atoms with Crippen LogP contribution in [0, 0.1) is 13.8 Å². The number of rotatable bonds is 2. The van der Waals surface area contributed by atoms with Gasteiger partial charge in [0.2, 0.25) is 0 Å². The van der Waals surface area contributed by atoms with E-state index in [-0.39, 0.29) is 0 Å². The summed E-state index contributed by atoms with van der Waals surface area (Å²) in [7, 11) is 0. The molecule has 0 atom stereocenters. The summed E-state index contributed by atoms with van der Waals surface area (Å²) in [5, 5.41) is 9.97. The molecular formula is C19H16N4O. The molecule has 0 aliphatic carbocycles. The summed E-state index contributed by atoms with van der Waals surface area (Å²) >= 11 is 0. The normalized spacial score (nSPS) is 11.1. The number of imidazole rings is 1. The summed E-state index contributed by atoms with van der Waals surface area (Å²) in [5.74, 6) is 0.333. The number of benzene rings is 1. The number of hydrogen-bond donors (Lipinski definition) is 1. The van der Waals surface area contributed by atoms with Gasteiger partial charge >= 0.3 is 0 Å². The second-order valence-corrected chi connectivity index (χ2v) is 5.84.